The van der Waals surface area contributed by atoms with Crippen molar-refractivity contribution in [1.29, 1.82) is 0 Å². The third-order valence-electron chi connectivity index (χ3n) is 5.11. The molecule has 0 atom stereocenters. The number of unbranched alkanes of at least 4 members (excludes halogenated alkanes) is 1. The second kappa shape index (κ2) is 10.9. The number of piperazine rings is 1. The van der Waals surface area contributed by atoms with Crippen LogP contribution in [-0.4, -0.2) is 61.0 Å². The molecule has 0 bridgehead atoms. The lowest BCUT2D eigenvalue weighted by molar-refractivity contribution is 0.0538. The Balaban J connectivity index is 1.68. The quantitative estimate of drug-likeness (QED) is 0.522. The maximum atomic E-state index is 13.1. The first kappa shape index (κ1) is 23.4. The number of nitrogens with zero attached hydrogens (tertiary/aromatic N) is 2. The Morgan fingerprint density at radius 1 is 1.03 bits per heavy atom. The lowest BCUT2D eigenvalue weighted by atomic mass is 10.1. The second-order valence-electron chi connectivity index (χ2n) is 7.42. The summed E-state index contributed by atoms with van der Waals surface area (Å²) in [7, 11) is 0. The van der Waals surface area contributed by atoms with Crippen molar-refractivity contribution in [2.24, 2.45) is 0 Å². The van der Waals surface area contributed by atoms with Gasteiger partial charge >= 0.3 is 0 Å². The SMILES string of the molecule is CCCCOc1c(Cl)cc(C(=O)N2CCN(C(=O)c3ccc(C)s3)CC2)cc1OCC. The molecule has 2 heterocycles. The molecule has 0 N–H and O–H groups in total. The highest BCUT2D eigenvalue weighted by Crippen LogP contribution is 2.37. The van der Waals surface area contributed by atoms with Gasteiger partial charge in [0.2, 0.25) is 0 Å². The van der Waals surface area contributed by atoms with Gasteiger partial charge < -0.3 is 19.3 Å². The minimum Gasteiger partial charge on any atom is -0.490 e. The van der Waals surface area contributed by atoms with E-state index in [0.717, 1.165) is 22.6 Å². The number of thiophene rings is 1. The molecule has 31 heavy (non-hydrogen) atoms. The van der Waals surface area contributed by atoms with Crippen LogP contribution in [0.1, 0.15) is 51.6 Å². The van der Waals surface area contributed by atoms with Crippen molar-refractivity contribution in [2.75, 3.05) is 39.4 Å². The Kier molecular flexibility index (Phi) is 8.21. The number of amides is 2. The van der Waals surface area contributed by atoms with Crippen molar-refractivity contribution >= 4 is 34.8 Å². The van der Waals surface area contributed by atoms with E-state index in [2.05, 4.69) is 6.92 Å². The van der Waals surface area contributed by atoms with Gasteiger partial charge in [-0.2, -0.15) is 0 Å². The van der Waals surface area contributed by atoms with Gasteiger partial charge in [-0.05, 0) is 44.5 Å². The average molecular weight is 465 g/mol. The summed E-state index contributed by atoms with van der Waals surface area (Å²) in [6.45, 7) is 8.91. The van der Waals surface area contributed by atoms with Gasteiger partial charge in [-0.25, -0.2) is 0 Å². The monoisotopic (exact) mass is 464 g/mol. The molecule has 168 valence electrons. The number of rotatable bonds is 8. The normalized spacial score (nSPS) is 13.9. The summed E-state index contributed by atoms with van der Waals surface area (Å²) in [6, 6.07) is 7.15. The van der Waals surface area contributed by atoms with Gasteiger partial charge in [-0.1, -0.05) is 24.9 Å². The molecule has 0 unspecified atom stereocenters. The summed E-state index contributed by atoms with van der Waals surface area (Å²) in [5.41, 5.74) is 0.463. The Morgan fingerprint density at radius 2 is 1.71 bits per heavy atom. The van der Waals surface area contributed by atoms with Gasteiger partial charge in [-0.15, -0.1) is 11.3 Å². The van der Waals surface area contributed by atoms with E-state index < -0.39 is 0 Å². The molecule has 2 amide bonds. The van der Waals surface area contributed by atoms with Gasteiger partial charge in [0.25, 0.3) is 11.8 Å². The van der Waals surface area contributed by atoms with E-state index >= 15 is 0 Å². The summed E-state index contributed by atoms with van der Waals surface area (Å²) in [5.74, 6) is 0.869. The maximum absolute atomic E-state index is 13.1. The summed E-state index contributed by atoms with van der Waals surface area (Å²) in [5, 5.41) is 0.368. The topological polar surface area (TPSA) is 59.1 Å². The van der Waals surface area contributed by atoms with Crippen molar-refractivity contribution in [1.82, 2.24) is 9.80 Å². The molecule has 0 aliphatic carbocycles. The van der Waals surface area contributed by atoms with Crippen LogP contribution in [0.2, 0.25) is 5.02 Å². The Labute approximate surface area is 192 Å². The molecular weight excluding hydrogens is 436 g/mol. The predicted molar refractivity (Wildman–Crippen MR) is 124 cm³/mol. The average Bonchev–Trinajstić information content (AvgIpc) is 3.21. The number of carbonyl (C=O) groups is 2. The first-order chi connectivity index (χ1) is 14.9. The summed E-state index contributed by atoms with van der Waals surface area (Å²) in [6.07, 6.45) is 1.93. The molecule has 0 radical (unpaired) electrons. The molecule has 1 aromatic carbocycles. The van der Waals surface area contributed by atoms with Gasteiger partial charge in [0.15, 0.2) is 11.5 Å². The van der Waals surface area contributed by atoms with Crippen molar-refractivity contribution in [3.8, 4) is 11.5 Å². The second-order valence-corrected chi connectivity index (χ2v) is 9.11. The Bertz CT molecular complexity index is 922. The van der Waals surface area contributed by atoms with Crippen LogP contribution in [0.25, 0.3) is 0 Å². The van der Waals surface area contributed by atoms with Crippen LogP contribution in [0.5, 0.6) is 11.5 Å². The van der Waals surface area contributed by atoms with Crippen molar-refractivity contribution < 1.29 is 19.1 Å². The highest BCUT2D eigenvalue weighted by Gasteiger charge is 2.27. The summed E-state index contributed by atoms with van der Waals surface area (Å²) in [4.78, 5) is 31.2. The van der Waals surface area contributed by atoms with E-state index in [1.54, 1.807) is 21.9 Å². The smallest absolute Gasteiger partial charge is 0.264 e. The van der Waals surface area contributed by atoms with Gasteiger partial charge in [0, 0.05) is 36.6 Å². The Morgan fingerprint density at radius 3 is 2.29 bits per heavy atom. The van der Waals surface area contributed by atoms with Crippen LogP contribution in [0.15, 0.2) is 24.3 Å². The molecule has 6 nitrogen and oxygen atoms in total. The molecule has 1 fully saturated rings. The molecule has 3 rings (SSSR count). The lowest BCUT2D eigenvalue weighted by Crippen LogP contribution is -2.50. The van der Waals surface area contributed by atoms with E-state index in [4.69, 9.17) is 21.1 Å². The fraction of sp³-hybridized carbons (Fsp3) is 0.478. The van der Waals surface area contributed by atoms with E-state index in [1.807, 2.05) is 26.0 Å². The van der Waals surface area contributed by atoms with Gasteiger partial charge in [0.05, 0.1) is 23.1 Å². The number of halogens is 1. The lowest BCUT2D eigenvalue weighted by Gasteiger charge is -2.34. The predicted octanol–water partition coefficient (Wildman–Crippen LogP) is 4.89. The Hall–Kier alpha value is -2.25. The van der Waals surface area contributed by atoms with Crippen LogP contribution >= 0.6 is 22.9 Å². The zero-order valence-electron chi connectivity index (χ0n) is 18.3. The molecule has 8 heteroatoms. The van der Waals surface area contributed by atoms with Crippen molar-refractivity contribution in [3.05, 3.63) is 44.6 Å². The maximum Gasteiger partial charge on any atom is 0.264 e. The minimum atomic E-state index is -0.123. The number of hydrogen-bond donors (Lipinski definition) is 0. The molecule has 1 aliphatic heterocycles. The first-order valence-electron chi connectivity index (χ1n) is 10.7. The van der Waals surface area contributed by atoms with E-state index in [9.17, 15) is 9.59 Å². The fourth-order valence-corrected chi connectivity index (χ4v) is 4.51. The third kappa shape index (κ3) is 5.71. The van der Waals surface area contributed by atoms with E-state index in [1.165, 1.54) is 11.3 Å². The highest BCUT2D eigenvalue weighted by molar-refractivity contribution is 7.13. The van der Waals surface area contributed by atoms with Crippen LogP contribution in [-0.2, 0) is 0 Å². The van der Waals surface area contributed by atoms with E-state index in [0.29, 0.717) is 61.5 Å². The van der Waals surface area contributed by atoms with Crippen LogP contribution in [0.3, 0.4) is 0 Å². The molecule has 0 saturated carbocycles. The number of aryl methyl sites for hydroxylation is 1. The molecule has 1 aromatic heterocycles. The third-order valence-corrected chi connectivity index (χ3v) is 6.38. The van der Waals surface area contributed by atoms with Crippen LogP contribution in [0, 0.1) is 6.92 Å². The number of carbonyl (C=O) groups excluding carboxylic acids is 2. The zero-order chi connectivity index (χ0) is 22.4. The summed E-state index contributed by atoms with van der Waals surface area (Å²) >= 11 is 7.94. The molecule has 1 saturated heterocycles. The van der Waals surface area contributed by atoms with E-state index in [-0.39, 0.29) is 11.8 Å². The van der Waals surface area contributed by atoms with Crippen molar-refractivity contribution in [2.45, 2.75) is 33.6 Å². The molecule has 2 aromatic rings. The minimum absolute atomic E-state index is 0.0282. The number of ether oxygens (including phenoxy) is 2. The number of hydrogen-bond acceptors (Lipinski definition) is 5. The number of benzene rings is 1. The fourth-order valence-electron chi connectivity index (χ4n) is 3.41. The molecule has 1 aliphatic rings. The molecular formula is C23H29ClN2O4S. The molecule has 0 spiro atoms. The summed E-state index contributed by atoms with van der Waals surface area (Å²) < 4.78 is 11.5. The van der Waals surface area contributed by atoms with Crippen molar-refractivity contribution in [3.63, 3.8) is 0 Å². The largest absolute Gasteiger partial charge is 0.490 e. The van der Waals surface area contributed by atoms with Gasteiger partial charge in [0.1, 0.15) is 0 Å². The van der Waals surface area contributed by atoms with Crippen LogP contribution in [0.4, 0.5) is 0 Å². The highest BCUT2D eigenvalue weighted by atomic mass is 35.5. The zero-order valence-corrected chi connectivity index (χ0v) is 19.9. The standard InChI is InChI=1S/C23H29ClN2O4S/c1-4-6-13-30-21-18(24)14-17(15-19(21)29-5-2)22(27)25-9-11-26(12-10-25)23(28)20-8-7-16(3)31-20/h7-8,14-15H,4-6,9-13H2,1-3H3. The van der Waals surface area contributed by atoms with Gasteiger partial charge in [-0.3, -0.25) is 9.59 Å². The van der Waals surface area contributed by atoms with Crippen LogP contribution < -0.4 is 9.47 Å². The first-order valence-corrected chi connectivity index (χ1v) is 11.9.